The van der Waals surface area contributed by atoms with Crippen LogP contribution in [0.2, 0.25) is 5.02 Å². The molecule has 8 heteroatoms. The summed E-state index contributed by atoms with van der Waals surface area (Å²) in [6.07, 6.45) is 3.38. The summed E-state index contributed by atoms with van der Waals surface area (Å²) >= 11 is 7.42. The second kappa shape index (κ2) is 8.61. The number of halogens is 3. The molecule has 0 radical (unpaired) electrons. The van der Waals surface area contributed by atoms with Gasteiger partial charge in [-0.25, -0.2) is 13.8 Å². The summed E-state index contributed by atoms with van der Waals surface area (Å²) < 4.78 is 33.4. The topological polar surface area (TPSA) is 50.8 Å². The highest BCUT2D eigenvalue weighted by molar-refractivity contribution is 7.99. The molecule has 4 nitrogen and oxygen atoms in total. The lowest BCUT2D eigenvalue weighted by molar-refractivity contribution is 0.430. The van der Waals surface area contributed by atoms with Gasteiger partial charge in [-0.2, -0.15) is 0 Å². The molecule has 0 atom stereocenters. The molecule has 0 fully saturated rings. The highest BCUT2D eigenvalue weighted by atomic mass is 35.5. The molecule has 0 saturated heterocycles. The highest BCUT2D eigenvalue weighted by Crippen LogP contribution is 2.40. The lowest BCUT2D eigenvalue weighted by Gasteiger charge is -2.12. The van der Waals surface area contributed by atoms with Crippen LogP contribution in [0, 0.1) is 11.6 Å². The number of H-pyrrole nitrogens is 1. The molecule has 2 aromatic heterocycles. The lowest BCUT2D eigenvalue weighted by Crippen LogP contribution is -1.92. The van der Waals surface area contributed by atoms with Crippen LogP contribution in [0.4, 0.5) is 8.78 Å². The smallest absolute Gasteiger partial charge is 0.168 e. The zero-order valence-corrected chi connectivity index (χ0v) is 17.9. The average Bonchev–Trinajstić information content (AvgIpc) is 3.20. The summed E-state index contributed by atoms with van der Waals surface area (Å²) in [5, 5.41) is 0.637. The van der Waals surface area contributed by atoms with Gasteiger partial charge in [0.25, 0.3) is 0 Å². The lowest BCUT2D eigenvalue weighted by atomic mass is 10.2. The van der Waals surface area contributed by atoms with Crippen LogP contribution in [0.1, 0.15) is 0 Å². The molecule has 3 aromatic carbocycles. The van der Waals surface area contributed by atoms with E-state index >= 15 is 0 Å². The summed E-state index contributed by atoms with van der Waals surface area (Å²) in [5.41, 5.74) is 2.31. The van der Waals surface area contributed by atoms with Crippen molar-refractivity contribution in [2.45, 2.75) is 9.79 Å². The minimum atomic E-state index is -0.781. The van der Waals surface area contributed by atoms with Gasteiger partial charge in [-0.3, -0.25) is 4.98 Å². The first-order valence-corrected chi connectivity index (χ1v) is 10.7. The Hall–Kier alpha value is -3.42. The first-order valence-electron chi connectivity index (χ1n) is 9.56. The molecule has 0 aliphatic rings. The second-order valence-corrected chi connectivity index (χ2v) is 8.42. The quantitative estimate of drug-likeness (QED) is 0.292. The fourth-order valence-electron chi connectivity index (χ4n) is 3.13. The summed E-state index contributed by atoms with van der Waals surface area (Å²) in [7, 11) is 0. The largest absolute Gasteiger partial charge is 0.453 e. The molecule has 0 aliphatic carbocycles. The van der Waals surface area contributed by atoms with Crippen molar-refractivity contribution in [3.8, 4) is 22.9 Å². The molecular weight excluding hydrogens is 452 g/mol. The Morgan fingerprint density at radius 2 is 1.66 bits per heavy atom. The zero-order valence-electron chi connectivity index (χ0n) is 16.4. The molecule has 0 saturated carbocycles. The summed E-state index contributed by atoms with van der Waals surface area (Å²) in [6.45, 7) is 0. The predicted octanol–water partition coefficient (Wildman–Crippen LogP) is 7.50. The number of hydrogen-bond donors (Lipinski definition) is 1. The Kier molecular flexibility index (Phi) is 5.51. The van der Waals surface area contributed by atoms with Crippen LogP contribution in [0.3, 0.4) is 0 Å². The highest BCUT2D eigenvalue weighted by Gasteiger charge is 2.15. The molecule has 0 aliphatic heterocycles. The van der Waals surface area contributed by atoms with E-state index in [1.807, 2.05) is 30.3 Å². The van der Waals surface area contributed by atoms with Crippen LogP contribution >= 0.6 is 23.4 Å². The van der Waals surface area contributed by atoms with Crippen molar-refractivity contribution >= 4 is 34.4 Å². The maximum Gasteiger partial charge on any atom is 0.168 e. The van der Waals surface area contributed by atoms with Crippen molar-refractivity contribution in [3.63, 3.8) is 0 Å². The number of rotatable bonds is 5. The summed E-state index contributed by atoms with van der Waals surface area (Å²) in [4.78, 5) is 13.6. The zero-order chi connectivity index (χ0) is 22.1. The van der Waals surface area contributed by atoms with E-state index in [1.165, 1.54) is 17.8 Å². The maximum absolute atomic E-state index is 14.3. The van der Waals surface area contributed by atoms with E-state index in [2.05, 4.69) is 15.0 Å². The van der Waals surface area contributed by atoms with E-state index in [4.69, 9.17) is 16.3 Å². The monoisotopic (exact) mass is 465 g/mol. The van der Waals surface area contributed by atoms with Crippen molar-refractivity contribution in [2.24, 2.45) is 0 Å². The average molecular weight is 466 g/mol. The van der Waals surface area contributed by atoms with Crippen molar-refractivity contribution in [2.75, 3.05) is 0 Å². The van der Waals surface area contributed by atoms with Gasteiger partial charge in [-0.05, 0) is 54.6 Å². The van der Waals surface area contributed by atoms with E-state index in [0.29, 0.717) is 22.1 Å². The molecule has 0 unspecified atom stereocenters. The van der Waals surface area contributed by atoms with Gasteiger partial charge in [0.15, 0.2) is 11.6 Å². The number of hydrogen-bond acceptors (Lipinski definition) is 4. The van der Waals surface area contributed by atoms with Crippen LogP contribution in [-0.4, -0.2) is 15.0 Å². The van der Waals surface area contributed by atoms with Gasteiger partial charge in [-0.15, -0.1) is 0 Å². The molecule has 5 rings (SSSR count). The molecule has 158 valence electrons. The van der Waals surface area contributed by atoms with Crippen molar-refractivity contribution in [3.05, 3.63) is 95.8 Å². The first kappa shape index (κ1) is 20.5. The van der Waals surface area contributed by atoms with Crippen LogP contribution in [-0.2, 0) is 0 Å². The van der Waals surface area contributed by atoms with Gasteiger partial charge >= 0.3 is 0 Å². The van der Waals surface area contributed by atoms with E-state index < -0.39 is 11.6 Å². The SMILES string of the molecule is Fc1ccc(Oc2cc3[nH]c(-c4ccc(Cl)cc4)nc3cc2Sc2ccncc2)c(F)c1. The molecule has 1 N–H and O–H groups in total. The van der Waals surface area contributed by atoms with Crippen molar-refractivity contribution in [1.82, 2.24) is 15.0 Å². The van der Waals surface area contributed by atoms with Gasteiger partial charge in [0.05, 0.1) is 15.9 Å². The molecule has 5 aromatic rings. The fraction of sp³-hybridized carbons (Fsp3) is 0. The molecule has 32 heavy (non-hydrogen) atoms. The van der Waals surface area contributed by atoms with E-state index in [-0.39, 0.29) is 5.75 Å². The third-order valence-electron chi connectivity index (χ3n) is 4.66. The molecule has 0 spiro atoms. The molecular formula is C24H14ClF2N3OS. The Morgan fingerprint density at radius 1 is 0.875 bits per heavy atom. The number of aromatic nitrogens is 3. The van der Waals surface area contributed by atoms with Gasteiger partial charge in [0.1, 0.15) is 17.4 Å². The molecule has 0 bridgehead atoms. The Balaban J connectivity index is 1.59. The normalized spacial score (nSPS) is 11.1. The number of pyridine rings is 1. The predicted molar refractivity (Wildman–Crippen MR) is 121 cm³/mol. The Bertz CT molecular complexity index is 1410. The van der Waals surface area contributed by atoms with Crippen molar-refractivity contribution < 1.29 is 13.5 Å². The van der Waals surface area contributed by atoms with Gasteiger partial charge in [0, 0.05) is 40.0 Å². The van der Waals surface area contributed by atoms with Gasteiger partial charge in [-0.1, -0.05) is 23.4 Å². The number of imidazole rings is 1. The van der Waals surface area contributed by atoms with Gasteiger partial charge < -0.3 is 9.72 Å². The van der Waals surface area contributed by atoms with E-state index in [9.17, 15) is 8.78 Å². The number of aromatic amines is 1. The van der Waals surface area contributed by atoms with Crippen LogP contribution in [0.15, 0.2) is 88.9 Å². The van der Waals surface area contributed by atoms with Crippen LogP contribution < -0.4 is 4.74 Å². The third kappa shape index (κ3) is 4.30. The number of nitrogens with zero attached hydrogens (tertiary/aromatic N) is 2. The number of ether oxygens (including phenoxy) is 1. The summed E-state index contributed by atoms with van der Waals surface area (Å²) in [5.74, 6) is -0.438. The van der Waals surface area contributed by atoms with Crippen molar-refractivity contribution in [1.29, 1.82) is 0 Å². The van der Waals surface area contributed by atoms with E-state index in [0.717, 1.165) is 33.0 Å². The maximum atomic E-state index is 14.3. The fourth-order valence-corrected chi connectivity index (χ4v) is 4.14. The minimum Gasteiger partial charge on any atom is -0.453 e. The first-order chi connectivity index (χ1) is 15.5. The number of benzene rings is 3. The molecule has 0 amide bonds. The Morgan fingerprint density at radius 3 is 2.41 bits per heavy atom. The Labute approximate surface area is 191 Å². The third-order valence-corrected chi connectivity index (χ3v) is 5.96. The summed E-state index contributed by atoms with van der Waals surface area (Å²) in [6, 6.07) is 17.9. The second-order valence-electron chi connectivity index (χ2n) is 6.87. The standard InChI is InChI=1S/C24H14ClF2N3OS/c25-15-3-1-14(2-4-15)24-29-19-12-22(31-21-6-5-16(26)11-18(21)27)23(13-20(19)30-24)32-17-7-9-28-10-8-17/h1-13H,(H,29,30). The van der Waals surface area contributed by atoms with Gasteiger partial charge in [0.2, 0.25) is 0 Å². The number of fused-ring (bicyclic) bond motifs is 1. The van der Waals surface area contributed by atoms with Crippen LogP contribution in [0.25, 0.3) is 22.4 Å². The minimum absolute atomic E-state index is 0.0697. The number of nitrogens with one attached hydrogen (secondary N) is 1. The van der Waals surface area contributed by atoms with E-state index in [1.54, 1.807) is 30.6 Å². The van der Waals surface area contributed by atoms with Crippen LogP contribution in [0.5, 0.6) is 11.5 Å². The molecule has 2 heterocycles.